The fourth-order valence-electron chi connectivity index (χ4n) is 2.40. The minimum Gasteiger partial charge on any atom is -0.337 e. The van der Waals surface area contributed by atoms with Gasteiger partial charge >= 0.3 is 6.03 Å². The molecule has 1 aromatic rings. The van der Waals surface area contributed by atoms with E-state index >= 15 is 0 Å². The number of carbonyl (C=O) groups excluding carboxylic acids is 2. The van der Waals surface area contributed by atoms with Crippen molar-refractivity contribution in [2.24, 2.45) is 5.73 Å². The molecule has 3 N–H and O–H groups in total. The zero-order valence-electron chi connectivity index (χ0n) is 11.5. The van der Waals surface area contributed by atoms with Crippen LogP contribution in [0.3, 0.4) is 0 Å². The molecule has 8 heteroatoms. The van der Waals surface area contributed by atoms with E-state index in [1.165, 1.54) is 4.90 Å². The smallest absolute Gasteiger partial charge is 0.325 e. The molecule has 0 bridgehead atoms. The number of amides is 3. The molecule has 0 atom stereocenters. The van der Waals surface area contributed by atoms with Crippen molar-refractivity contribution in [3.63, 3.8) is 0 Å². The molecule has 0 radical (unpaired) electrons. The van der Waals surface area contributed by atoms with Gasteiger partial charge in [0.2, 0.25) is 5.89 Å². The number of hydrogen-bond donors (Lipinski definition) is 2. The topological polar surface area (TPSA) is 114 Å². The van der Waals surface area contributed by atoms with Crippen LogP contribution in [0.5, 0.6) is 0 Å². The van der Waals surface area contributed by atoms with E-state index in [2.05, 4.69) is 15.5 Å². The van der Waals surface area contributed by atoms with Crippen molar-refractivity contribution in [1.82, 2.24) is 20.4 Å². The Morgan fingerprint density at radius 1 is 1.40 bits per heavy atom. The third kappa shape index (κ3) is 1.79. The molecule has 2 aliphatic rings. The van der Waals surface area contributed by atoms with E-state index in [0.29, 0.717) is 5.82 Å². The second-order valence-electron chi connectivity index (χ2n) is 5.93. The Balaban J connectivity index is 1.78. The zero-order chi connectivity index (χ0) is 14.5. The summed E-state index contributed by atoms with van der Waals surface area (Å²) in [6, 6.07) is -0.453. The maximum absolute atomic E-state index is 11.8. The molecule has 1 aliphatic heterocycles. The third-order valence-corrected chi connectivity index (χ3v) is 4.15. The van der Waals surface area contributed by atoms with E-state index in [-0.39, 0.29) is 18.3 Å². The van der Waals surface area contributed by atoms with Crippen LogP contribution in [0.15, 0.2) is 4.52 Å². The molecular formula is C12H17N5O3. The summed E-state index contributed by atoms with van der Waals surface area (Å²) >= 11 is 0. The molecule has 1 aromatic heterocycles. The number of nitrogens with zero attached hydrogens (tertiary/aromatic N) is 3. The van der Waals surface area contributed by atoms with Crippen LogP contribution in [0.25, 0.3) is 0 Å². The van der Waals surface area contributed by atoms with E-state index in [1.54, 1.807) is 13.8 Å². The maximum atomic E-state index is 11.8. The minimum atomic E-state index is -0.928. The Morgan fingerprint density at radius 2 is 2.10 bits per heavy atom. The molecule has 1 aliphatic carbocycles. The molecule has 0 spiro atoms. The molecule has 108 valence electrons. The Labute approximate surface area is 115 Å². The predicted molar refractivity (Wildman–Crippen MR) is 67.2 cm³/mol. The maximum Gasteiger partial charge on any atom is 0.325 e. The fourth-order valence-corrected chi connectivity index (χ4v) is 2.40. The second-order valence-corrected chi connectivity index (χ2v) is 5.93. The Bertz CT molecular complexity index is 575. The third-order valence-electron chi connectivity index (χ3n) is 4.15. The van der Waals surface area contributed by atoms with Gasteiger partial charge in [0.25, 0.3) is 5.91 Å². The summed E-state index contributed by atoms with van der Waals surface area (Å²) in [5.41, 5.74) is 4.69. The van der Waals surface area contributed by atoms with Crippen molar-refractivity contribution >= 4 is 11.9 Å². The molecule has 2 fully saturated rings. The average Bonchev–Trinajstić information content (AvgIpc) is 2.87. The number of hydrogen-bond acceptors (Lipinski definition) is 6. The van der Waals surface area contributed by atoms with Gasteiger partial charge in [-0.2, -0.15) is 4.98 Å². The summed E-state index contributed by atoms with van der Waals surface area (Å²) < 4.78 is 5.15. The highest BCUT2D eigenvalue weighted by molar-refractivity contribution is 6.06. The van der Waals surface area contributed by atoms with Crippen LogP contribution in [0.1, 0.15) is 44.8 Å². The molecule has 8 nitrogen and oxygen atoms in total. The van der Waals surface area contributed by atoms with Crippen LogP contribution in [-0.4, -0.2) is 32.5 Å². The molecule has 3 amide bonds. The van der Waals surface area contributed by atoms with Gasteiger partial charge < -0.3 is 15.2 Å². The molecule has 0 aromatic carbocycles. The molecule has 20 heavy (non-hydrogen) atoms. The zero-order valence-corrected chi connectivity index (χ0v) is 11.5. The number of aromatic nitrogens is 2. The highest BCUT2D eigenvalue weighted by atomic mass is 16.5. The predicted octanol–water partition coefficient (Wildman–Crippen LogP) is 0.238. The first kappa shape index (κ1) is 13.0. The number of carbonyl (C=O) groups is 2. The summed E-state index contributed by atoms with van der Waals surface area (Å²) in [5.74, 6) is 0.425. The van der Waals surface area contributed by atoms with Gasteiger partial charge in [-0.05, 0) is 33.1 Å². The van der Waals surface area contributed by atoms with Crippen LogP contribution in [-0.2, 0) is 16.9 Å². The summed E-state index contributed by atoms with van der Waals surface area (Å²) in [7, 11) is 0. The SMILES string of the molecule is CC1(C)C(=O)NC(=O)N1Cc1nc(C2(N)CCC2)no1. The lowest BCUT2D eigenvalue weighted by Crippen LogP contribution is -2.44. The number of nitrogens with two attached hydrogens (primary N) is 1. The number of imide groups is 1. The monoisotopic (exact) mass is 279 g/mol. The van der Waals surface area contributed by atoms with Gasteiger partial charge in [0.05, 0.1) is 5.54 Å². The minimum absolute atomic E-state index is 0.0909. The van der Waals surface area contributed by atoms with Crippen molar-refractivity contribution < 1.29 is 14.1 Å². The van der Waals surface area contributed by atoms with Gasteiger partial charge in [-0.15, -0.1) is 0 Å². The van der Waals surface area contributed by atoms with E-state index in [4.69, 9.17) is 10.3 Å². The first-order valence-corrected chi connectivity index (χ1v) is 6.58. The van der Waals surface area contributed by atoms with Crippen LogP contribution in [0, 0.1) is 0 Å². The molecular weight excluding hydrogens is 262 g/mol. The van der Waals surface area contributed by atoms with Crippen LogP contribution in [0.4, 0.5) is 4.79 Å². The van der Waals surface area contributed by atoms with Gasteiger partial charge in [-0.3, -0.25) is 10.1 Å². The second kappa shape index (κ2) is 4.02. The molecule has 1 saturated heterocycles. The lowest BCUT2D eigenvalue weighted by Gasteiger charge is -2.34. The number of nitrogens with one attached hydrogen (secondary N) is 1. The van der Waals surface area contributed by atoms with Crippen molar-refractivity contribution in [3.05, 3.63) is 11.7 Å². The highest BCUT2D eigenvalue weighted by Crippen LogP contribution is 2.37. The number of urea groups is 1. The Kier molecular flexibility index (Phi) is 2.62. The first-order chi connectivity index (χ1) is 9.33. The largest absolute Gasteiger partial charge is 0.337 e. The summed E-state index contributed by atoms with van der Waals surface area (Å²) in [4.78, 5) is 29.1. The van der Waals surface area contributed by atoms with Crippen molar-refractivity contribution in [3.8, 4) is 0 Å². The average molecular weight is 279 g/mol. The molecule has 3 rings (SSSR count). The van der Waals surface area contributed by atoms with Gasteiger partial charge in [-0.1, -0.05) is 5.16 Å². The van der Waals surface area contributed by atoms with Gasteiger partial charge in [-0.25, -0.2) is 4.79 Å². The fraction of sp³-hybridized carbons (Fsp3) is 0.667. The van der Waals surface area contributed by atoms with Crippen LogP contribution >= 0.6 is 0 Å². The molecule has 1 saturated carbocycles. The molecule has 2 heterocycles. The van der Waals surface area contributed by atoms with E-state index in [0.717, 1.165) is 19.3 Å². The van der Waals surface area contributed by atoms with Crippen molar-refractivity contribution in [2.45, 2.75) is 50.7 Å². The highest BCUT2D eigenvalue weighted by Gasteiger charge is 2.46. The van der Waals surface area contributed by atoms with Crippen molar-refractivity contribution in [2.75, 3.05) is 0 Å². The lowest BCUT2D eigenvalue weighted by molar-refractivity contribution is -0.125. The summed E-state index contributed by atoms with van der Waals surface area (Å²) in [6.45, 7) is 3.43. The standard InChI is InChI=1S/C12H17N5O3/c1-11(2)9(18)15-10(19)17(11)6-7-14-8(16-20-7)12(13)4-3-5-12/h3-6,13H2,1-2H3,(H,15,18,19). The van der Waals surface area contributed by atoms with E-state index < -0.39 is 17.1 Å². The molecule has 0 unspecified atom stereocenters. The summed E-state index contributed by atoms with van der Waals surface area (Å²) in [6.07, 6.45) is 2.72. The van der Waals surface area contributed by atoms with Crippen molar-refractivity contribution in [1.29, 1.82) is 0 Å². The quantitative estimate of drug-likeness (QED) is 0.766. The van der Waals surface area contributed by atoms with E-state index in [9.17, 15) is 9.59 Å². The Morgan fingerprint density at radius 3 is 2.60 bits per heavy atom. The summed E-state index contributed by atoms with van der Waals surface area (Å²) in [5, 5.41) is 6.16. The van der Waals surface area contributed by atoms with Gasteiger partial charge in [0, 0.05) is 0 Å². The normalized spacial score (nSPS) is 23.6. The first-order valence-electron chi connectivity index (χ1n) is 6.58. The van der Waals surface area contributed by atoms with Crippen LogP contribution < -0.4 is 11.1 Å². The number of rotatable bonds is 3. The lowest BCUT2D eigenvalue weighted by atomic mass is 9.77. The van der Waals surface area contributed by atoms with Crippen LogP contribution in [0.2, 0.25) is 0 Å². The Hall–Kier alpha value is -1.96. The van der Waals surface area contributed by atoms with E-state index in [1.807, 2.05) is 0 Å². The van der Waals surface area contributed by atoms with Gasteiger partial charge in [0.1, 0.15) is 12.1 Å². The van der Waals surface area contributed by atoms with Gasteiger partial charge in [0.15, 0.2) is 5.82 Å².